The molecular formula is C9H16O4. The van der Waals surface area contributed by atoms with E-state index in [1.807, 2.05) is 20.8 Å². The summed E-state index contributed by atoms with van der Waals surface area (Å²) in [4.78, 5) is 0. The molecule has 0 aliphatic carbocycles. The first-order valence-corrected chi connectivity index (χ1v) is 4.57. The molecule has 2 aliphatic rings. The Hall–Kier alpha value is -0.160. The van der Waals surface area contributed by atoms with Crippen molar-refractivity contribution in [2.75, 3.05) is 7.11 Å². The van der Waals surface area contributed by atoms with Crippen molar-refractivity contribution in [3.63, 3.8) is 0 Å². The topological polar surface area (TPSA) is 36.9 Å². The SMILES string of the molecule is CO[C@@H]1O[C@H](C)C2OC(C)(C)OC21. The third kappa shape index (κ3) is 1.48. The number of fused-ring (bicyclic) bond motifs is 1. The fourth-order valence-electron chi connectivity index (χ4n) is 1.95. The van der Waals surface area contributed by atoms with Gasteiger partial charge in [-0.05, 0) is 20.8 Å². The first kappa shape index (κ1) is 9.40. The lowest BCUT2D eigenvalue weighted by molar-refractivity contribution is -0.224. The summed E-state index contributed by atoms with van der Waals surface area (Å²) in [6, 6.07) is 0. The molecule has 2 heterocycles. The molecular weight excluding hydrogens is 172 g/mol. The summed E-state index contributed by atoms with van der Waals surface area (Å²) >= 11 is 0. The minimum Gasteiger partial charge on any atom is -0.353 e. The maximum atomic E-state index is 5.69. The Morgan fingerprint density at radius 1 is 1.15 bits per heavy atom. The maximum Gasteiger partial charge on any atom is 0.186 e. The van der Waals surface area contributed by atoms with Crippen LogP contribution in [0.5, 0.6) is 0 Å². The highest BCUT2D eigenvalue weighted by atomic mass is 16.8. The fraction of sp³-hybridized carbons (Fsp3) is 1.00. The normalized spacial score (nSPS) is 48.0. The zero-order chi connectivity index (χ0) is 9.64. The molecule has 0 saturated carbocycles. The van der Waals surface area contributed by atoms with Gasteiger partial charge in [-0.15, -0.1) is 0 Å². The molecule has 0 spiro atoms. The van der Waals surface area contributed by atoms with Gasteiger partial charge in [0.05, 0.1) is 6.10 Å². The lowest BCUT2D eigenvalue weighted by Gasteiger charge is -2.22. The quantitative estimate of drug-likeness (QED) is 0.612. The van der Waals surface area contributed by atoms with Crippen molar-refractivity contribution in [3.05, 3.63) is 0 Å². The maximum absolute atomic E-state index is 5.69. The summed E-state index contributed by atoms with van der Waals surface area (Å²) < 4.78 is 22.0. The highest BCUT2D eigenvalue weighted by Crippen LogP contribution is 2.38. The predicted octanol–water partition coefficient (Wildman–Crippen LogP) is 0.898. The van der Waals surface area contributed by atoms with Crippen LogP contribution in [0.1, 0.15) is 20.8 Å². The number of rotatable bonds is 1. The van der Waals surface area contributed by atoms with Crippen LogP contribution in [0.4, 0.5) is 0 Å². The Morgan fingerprint density at radius 2 is 1.77 bits per heavy atom. The van der Waals surface area contributed by atoms with Crippen LogP contribution in [0.25, 0.3) is 0 Å². The molecule has 2 rings (SSSR count). The summed E-state index contributed by atoms with van der Waals surface area (Å²) in [7, 11) is 1.62. The van der Waals surface area contributed by atoms with E-state index in [0.29, 0.717) is 0 Å². The molecule has 2 fully saturated rings. The van der Waals surface area contributed by atoms with Gasteiger partial charge in [0.1, 0.15) is 12.2 Å². The van der Waals surface area contributed by atoms with Gasteiger partial charge in [0.2, 0.25) is 0 Å². The van der Waals surface area contributed by atoms with Gasteiger partial charge >= 0.3 is 0 Å². The lowest BCUT2D eigenvalue weighted by Crippen LogP contribution is -2.30. The van der Waals surface area contributed by atoms with E-state index in [0.717, 1.165) is 0 Å². The molecule has 2 saturated heterocycles. The van der Waals surface area contributed by atoms with E-state index in [-0.39, 0.29) is 24.6 Å². The minimum atomic E-state index is -0.510. The van der Waals surface area contributed by atoms with E-state index < -0.39 is 5.79 Å². The van der Waals surface area contributed by atoms with Crippen LogP contribution in [0, 0.1) is 0 Å². The van der Waals surface area contributed by atoms with Crippen molar-refractivity contribution in [2.24, 2.45) is 0 Å². The zero-order valence-corrected chi connectivity index (χ0v) is 8.44. The van der Waals surface area contributed by atoms with Crippen LogP contribution in [0.2, 0.25) is 0 Å². The Bertz CT molecular complexity index is 204. The van der Waals surface area contributed by atoms with Gasteiger partial charge in [0.15, 0.2) is 12.1 Å². The highest BCUT2D eigenvalue weighted by Gasteiger charge is 2.53. The van der Waals surface area contributed by atoms with E-state index >= 15 is 0 Å². The number of hydrogen-bond donors (Lipinski definition) is 0. The molecule has 0 bridgehead atoms. The third-order valence-corrected chi connectivity index (χ3v) is 2.48. The smallest absolute Gasteiger partial charge is 0.186 e. The molecule has 76 valence electrons. The summed E-state index contributed by atoms with van der Waals surface area (Å²) in [5.41, 5.74) is 0. The summed E-state index contributed by atoms with van der Waals surface area (Å²) in [5, 5.41) is 0. The van der Waals surface area contributed by atoms with Crippen molar-refractivity contribution in [1.82, 2.24) is 0 Å². The molecule has 13 heavy (non-hydrogen) atoms. The summed E-state index contributed by atoms with van der Waals surface area (Å²) in [5.74, 6) is -0.510. The molecule has 4 atom stereocenters. The molecule has 0 aromatic heterocycles. The Balaban J connectivity index is 2.12. The molecule has 0 amide bonds. The molecule has 4 heteroatoms. The predicted molar refractivity (Wildman–Crippen MR) is 45.2 cm³/mol. The summed E-state index contributed by atoms with van der Waals surface area (Å²) in [6.07, 6.45) is -0.339. The second-order valence-electron chi connectivity index (χ2n) is 4.01. The van der Waals surface area contributed by atoms with Crippen molar-refractivity contribution in [1.29, 1.82) is 0 Å². The van der Waals surface area contributed by atoms with Gasteiger partial charge in [-0.2, -0.15) is 0 Å². The average Bonchev–Trinajstić information content (AvgIpc) is 2.47. The van der Waals surface area contributed by atoms with E-state index in [1.54, 1.807) is 7.11 Å². The fourth-order valence-corrected chi connectivity index (χ4v) is 1.95. The molecule has 2 aliphatic heterocycles. The first-order valence-electron chi connectivity index (χ1n) is 4.57. The Labute approximate surface area is 78.1 Å². The summed E-state index contributed by atoms with van der Waals surface area (Å²) in [6.45, 7) is 5.79. The Kier molecular flexibility index (Phi) is 2.11. The van der Waals surface area contributed by atoms with Crippen LogP contribution in [-0.4, -0.2) is 37.5 Å². The van der Waals surface area contributed by atoms with Crippen LogP contribution >= 0.6 is 0 Å². The van der Waals surface area contributed by atoms with Crippen molar-refractivity contribution in [2.45, 2.75) is 51.2 Å². The van der Waals surface area contributed by atoms with E-state index in [9.17, 15) is 0 Å². The molecule has 0 aromatic carbocycles. The standard InChI is InChI=1S/C9H16O4/c1-5-6-7(8(10-4)11-5)13-9(2,3)12-6/h5-8H,1-4H3/t5-,6?,7?,8-/m1/s1. The van der Waals surface area contributed by atoms with E-state index in [1.165, 1.54) is 0 Å². The van der Waals surface area contributed by atoms with Gasteiger partial charge < -0.3 is 18.9 Å². The van der Waals surface area contributed by atoms with Crippen molar-refractivity contribution in [3.8, 4) is 0 Å². The number of ether oxygens (including phenoxy) is 4. The van der Waals surface area contributed by atoms with Crippen LogP contribution in [-0.2, 0) is 18.9 Å². The van der Waals surface area contributed by atoms with Crippen LogP contribution in [0.3, 0.4) is 0 Å². The molecule has 0 N–H and O–H groups in total. The first-order chi connectivity index (χ1) is 6.03. The van der Waals surface area contributed by atoms with Crippen LogP contribution < -0.4 is 0 Å². The third-order valence-electron chi connectivity index (χ3n) is 2.48. The van der Waals surface area contributed by atoms with Gasteiger partial charge in [-0.1, -0.05) is 0 Å². The number of methoxy groups -OCH3 is 1. The van der Waals surface area contributed by atoms with E-state index in [2.05, 4.69) is 0 Å². The Morgan fingerprint density at radius 3 is 2.38 bits per heavy atom. The van der Waals surface area contributed by atoms with Crippen molar-refractivity contribution >= 4 is 0 Å². The van der Waals surface area contributed by atoms with Crippen molar-refractivity contribution < 1.29 is 18.9 Å². The van der Waals surface area contributed by atoms with Gasteiger partial charge in [-0.25, -0.2) is 0 Å². The second-order valence-corrected chi connectivity index (χ2v) is 4.01. The minimum absolute atomic E-state index is 0.0000463. The van der Waals surface area contributed by atoms with Gasteiger partial charge in [0.25, 0.3) is 0 Å². The molecule has 4 nitrogen and oxygen atoms in total. The second kappa shape index (κ2) is 2.92. The zero-order valence-electron chi connectivity index (χ0n) is 8.44. The largest absolute Gasteiger partial charge is 0.353 e. The van der Waals surface area contributed by atoms with E-state index in [4.69, 9.17) is 18.9 Å². The highest BCUT2D eigenvalue weighted by molar-refractivity contribution is 4.93. The van der Waals surface area contributed by atoms with Gasteiger partial charge in [0, 0.05) is 7.11 Å². The molecule has 0 radical (unpaired) electrons. The monoisotopic (exact) mass is 188 g/mol. The average molecular weight is 188 g/mol. The number of hydrogen-bond acceptors (Lipinski definition) is 4. The van der Waals surface area contributed by atoms with Crippen LogP contribution in [0.15, 0.2) is 0 Å². The van der Waals surface area contributed by atoms with Gasteiger partial charge in [-0.3, -0.25) is 0 Å². The molecule has 0 aromatic rings. The molecule has 2 unspecified atom stereocenters. The lowest BCUT2D eigenvalue weighted by atomic mass is 10.2.